The van der Waals surface area contributed by atoms with E-state index in [0.717, 1.165) is 54.7 Å². The van der Waals surface area contributed by atoms with Crippen molar-refractivity contribution in [3.8, 4) is 16.9 Å². The highest BCUT2D eigenvalue weighted by atomic mass is 16.5. The van der Waals surface area contributed by atoms with E-state index < -0.39 is 0 Å². The molecule has 1 unspecified atom stereocenters. The molecule has 0 bridgehead atoms. The zero-order chi connectivity index (χ0) is 23.0. The Balaban J connectivity index is 1.72. The average Bonchev–Trinajstić information content (AvgIpc) is 2.81. The van der Waals surface area contributed by atoms with E-state index in [1.165, 1.54) is 38.5 Å². The van der Waals surface area contributed by atoms with Gasteiger partial charge in [-0.05, 0) is 48.6 Å². The second-order valence-electron chi connectivity index (χ2n) is 8.71. The zero-order valence-electron chi connectivity index (χ0n) is 20.4. The SMILES string of the molecule is CCCCCCCCCCC(=O)OC(C)c1ccc(-c2ccc(OCCCC)cc2)cc1. The van der Waals surface area contributed by atoms with Crippen molar-refractivity contribution in [2.75, 3.05) is 6.61 Å². The minimum atomic E-state index is -0.222. The van der Waals surface area contributed by atoms with E-state index in [2.05, 4.69) is 50.2 Å². The number of rotatable bonds is 16. The summed E-state index contributed by atoms with van der Waals surface area (Å²) in [7, 11) is 0. The molecule has 2 rings (SSSR count). The van der Waals surface area contributed by atoms with Gasteiger partial charge in [-0.2, -0.15) is 0 Å². The molecule has 0 saturated carbocycles. The first-order valence-electron chi connectivity index (χ1n) is 12.7. The monoisotopic (exact) mass is 438 g/mol. The second-order valence-corrected chi connectivity index (χ2v) is 8.71. The van der Waals surface area contributed by atoms with Crippen LogP contribution in [0.1, 0.15) is 103 Å². The molecule has 0 radical (unpaired) electrons. The fourth-order valence-electron chi connectivity index (χ4n) is 3.75. The van der Waals surface area contributed by atoms with Crippen LogP contribution >= 0.6 is 0 Å². The molecule has 0 aliphatic carbocycles. The summed E-state index contributed by atoms with van der Waals surface area (Å²) in [5.41, 5.74) is 3.32. The van der Waals surface area contributed by atoms with Crippen molar-refractivity contribution in [1.29, 1.82) is 0 Å². The maximum absolute atomic E-state index is 12.2. The predicted molar refractivity (Wildman–Crippen MR) is 134 cm³/mol. The Kier molecular flexibility index (Phi) is 12.6. The van der Waals surface area contributed by atoms with E-state index in [4.69, 9.17) is 9.47 Å². The molecule has 3 nitrogen and oxygen atoms in total. The zero-order valence-corrected chi connectivity index (χ0v) is 20.4. The molecular weight excluding hydrogens is 396 g/mol. The third-order valence-electron chi connectivity index (χ3n) is 5.88. The maximum Gasteiger partial charge on any atom is 0.306 e. The van der Waals surface area contributed by atoms with Gasteiger partial charge in [0.15, 0.2) is 0 Å². The molecule has 2 aromatic rings. The summed E-state index contributed by atoms with van der Waals surface area (Å²) >= 11 is 0. The first-order valence-corrected chi connectivity index (χ1v) is 12.7. The van der Waals surface area contributed by atoms with Crippen molar-refractivity contribution in [3.63, 3.8) is 0 Å². The average molecular weight is 439 g/mol. The highest BCUT2D eigenvalue weighted by Crippen LogP contribution is 2.26. The second kappa shape index (κ2) is 15.5. The molecule has 0 heterocycles. The Morgan fingerprint density at radius 2 is 1.25 bits per heavy atom. The number of carbonyl (C=O) groups is 1. The minimum Gasteiger partial charge on any atom is -0.494 e. The van der Waals surface area contributed by atoms with Crippen molar-refractivity contribution in [2.24, 2.45) is 0 Å². The Hall–Kier alpha value is -2.29. The number of hydrogen-bond donors (Lipinski definition) is 0. The van der Waals surface area contributed by atoms with Gasteiger partial charge >= 0.3 is 5.97 Å². The number of esters is 1. The van der Waals surface area contributed by atoms with E-state index in [9.17, 15) is 4.79 Å². The first kappa shape index (κ1) is 26.0. The van der Waals surface area contributed by atoms with Crippen molar-refractivity contribution in [3.05, 3.63) is 54.1 Å². The standard InChI is InChI=1S/C29H42O3/c1-4-6-8-9-10-11-12-13-14-29(30)32-24(3)25-15-17-26(18-16-25)27-19-21-28(22-20-27)31-23-7-5-2/h15-22,24H,4-14,23H2,1-3H3. The van der Waals surface area contributed by atoms with E-state index in [1.54, 1.807) is 0 Å². The molecule has 0 aliphatic rings. The van der Waals surface area contributed by atoms with Gasteiger partial charge in [0.05, 0.1) is 6.61 Å². The predicted octanol–water partition coefficient (Wildman–Crippen LogP) is 8.67. The van der Waals surface area contributed by atoms with Crippen molar-refractivity contribution in [1.82, 2.24) is 0 Å². The summed E-state index contributed by atoms with van der Waals surface area (Å²) < 4.78 is 11.4. The number of unbranched alkanes of at least 4 members (excludes halogenated alkanes) is 8. The minimum absolute atomic E-state index is 0.0915. The Labute approximate surface area is 195 Å². The summed E-state index contributed by atoms with van der Waals surface area (Å²) in [6, 6.07) is 16.5. The molecule has 0 aromatic heterocycles. The third kappa shape index (κ3) is 9.89. The van der Waals surface area contributed by atoms with Crippen LogP contribution in [0.4, 0.5) is 0 Å². The fraction of sp³-hybridized carbons (Fsp3) is 0.552. The van der Waals surface area contributed by atoms with E-state index >= 15 is 0 Å². The molecule has 32 heavy (non-hydrogen) atoms. The molecular formula is C29H42O3. The molecule has 0 N–H and O–H groups in total. The van der Waals surface area contributed by atoms with E-state index in [-0.39, 0.29) is 12.1 Å². The molecule has 1 atom stereocenters. The van der Waals surface area contributed by atoms with Crippen LogP contribution < -0.4 is 4.74 Å². The lowest BCUT2D eigenvalue weighted by atomic mass is 10.0. The smallest absolute Gasteiger partial charge is 0.306 e. The van der Waals surface area contributed by atoms with Gasteiger partial charge in [0.1, 0.15) is 11.9 Å². The van der Waals surface area contributed by atoms with Gasteiger partial charge in [0, 0.05) is 6.42 Å². The number of carbonyl (C=O) groups excluding carboxylic acids is 1. The summed E-state index contributed by atoms with van der Waals surface area (Å²) in [4.78, 5) is 12.2. The summed E-state index contributed by atoms with van der Waals surface area (Å²) in [6.45, 7) is 7.11. The highest BCUT2D eigenvalue weighted by Gasteiger charge is 2.12. The van der Waals surface area contributed by atoms with Gasteiger partial charge in [-0.25, -0.2) is 0 Å². The third-order valence-corrected chi connectivity index (χ3v) is 5.88. The van der Waals surface area contributed by atoms with Crippen LogP contribution in [0.3, 0.4) is 0 Å². The van der Waals surface area contributed by atoms with Gasteiger partial charge in [-0.1, -0.05) is 102 Å². The molecule has 0 fully saturated rings. The first-order chi connectivity index (χ1) is 15.6. The van der Waals surface area contributed by atoms with Crippen molar-refractivity contribution >= 4 is 5.97 Å². The van der Waals surface area contributed by atoms with Gasteiger partial charge in [0.25, 0.3) is 0 Å². The number of benzene rings is 2. The van der Waals surface area contributed by atoms with Gasteiger partial charge < -0.3 is 9.47 Å². The Bertz CT molecular complexity index is 749. The van der Waals surface area contributed by atoms with Crippen LogP contribution in [0.15, 0.2) is 48.5 Å². The molecule has 0 saturated heterocycles. The topological polar surface area (TPSA) is 35.5 Å². The van der Waals surface area contributed by atoms with Crippen molar-refractivity contribution in [2.45, 2.75) is 97.5 Å². The molecule has 0 aliphatic heterocycles. The Morgan fingerprint density at radius 3 is 1.84 bits per heavy atom. The lowest BCUT2D eigenvalue weighted by molar-refractivity contribution is -0.148. The Morgan fingerprint density at radius 1 is 0.719 bits per heavy atom. The molecule has 2 aromatic carbocycles. The van der Waals surface area contributed by atoms with Gasteiger partial charge in [-0.15, -0.1) is 0 Å². The lowest BCUT2D eigenvalue weighted by Gasteiger charge is -2.14. The van der Waals surface area contributed by atoms with Crippen molar-refractivity contribution < 1.29 is 14.3 Å². The highest BCUT2D eigenvalue weighted by molar-refractivity contribution is 5.69. The molecule has 0 spiro atoms. The molecule has 3 heteroatoms. The number of hydrogen-bond acceptors (Lipinski definition) is 3. The van der Waals surface area contributed by atoms with Crippen LogP contribution in [0, 0.1) is 0 Å². The van der Waals surface area contributed by atoms with Gasteiger partial charge in [0.2, 0.25) is 0 Å². The lowest BCUT2D eigenvalue weighted by Crippen LogP contribution is -2.08. The largest absolute Gasteiger partial charge is 0.494 e. The summed E-state index contributed by atoms with van der Waals surface area (Å²) in [5, 5.41) is 0. The summed E-state index contributed by atoms with van der Waals surface area (Å²) in [5.74, 6) is 0.821. The van der Waals surface area contributed by atoms with Crippen LogP contribution in [0.25, 0.3) is 11.1 Å². The van der Waals surface area contributed by atoms with E-state index in [1.807, 2.05) is 19.1 Å². The normalized spacial score (nSPS) is 11.8. The molecule has 176 valence electrons. The van der Waals surface area contributed by atoms with Crippen LogP contribution in [-0.2, 0) is 9.53 Å². The molecule has 0 amide bonds. The van der Waals surface area contributed by atoms with Crippen LogP contribution in [0.5, 0.6) is 5.75 Å². The van der Waals surface area contributed by atoms with Crippen LogP contribution in [0.2, 0.25) is 0 Å². The van der Waals surface area contributed by atoms with E-state index in [0.29, 0.717) is 6.42 Å². The number of ether oxygens (including phenoxy) is 2. The summed E-state index contributed by atoms with van der Waals surface area (Å²) in [6.07, 6.45) is 12.3. The fourth-order valence-corrected chi connectivity index (χ4v) is 3.75. The van der Waals surface area contributed by atoms with Crippen LogP contribution in [-0.4, -0.2) is 12.6 Å². The van der Waals surface area contributed by atoms with Gasteiger partial charge in [-0.3, -0.25) is 4.79 Å². The maximum atomic E-state index is 12.2. The quantitative estimate of drug-likeness (QED) is 0.194.